The number of aryl methyl sites for hydroxylation is 1. The molecule has 1 aliphatic rings. The Labute approximate surface area is 115 Å². The lowest BCUT2D eigenvalue weighted by atomic mass is 10.2. The monoisotopic (exact) mass is 277 g/mol. The van der Waals surface area contributed by atoms with Crippen molar-refractivity contribution in [1.29, 1.82) is 0 Å². The molecule has 0 spiro atoms. The summed E-state index contributed by atoms with van der Waals surface area (Å²) in [5.41, 5.74) is 0. The molecule has 1 amide bonds. The molecule has 0 N–H and O–H groups in total. The second kappa shape index (κ2) is 5.13. The maximum absolute atomic E-state index is 11.9. The van der Waals surface area contributed by atoms with Crippen molar-refractivity contribution >= 4 is 17.7 Å². The molecule has 3 heterocycles. The van der Waals surface area contributed by atoms with E-state index in [9.17, 15) is 4.79 Å². The normalized spacial score (nSPS) is 14.5. The third kappa shape index (κ3) is 2.53. The highest BCUT2D eigenvalue weighted by Gasteiger charge is 2.24. The Kier molecular flexibility index (Phi) is 3.33. The van der Waals surface area contributed by atoms with Gasteiger partial charge in [0.15, 0.2) is 10.9 Å². The van der Waals surface area contributed by atoms with E-state index in [4.69, 9.17) is 4.42 Å². The molecule has 1 fully saturated rings. The molecule has 0 unspecified atom stereocenters. The average molecular weight is 277 g/mol. The number of aromatic nitrogens is 2. The van der Waals surface area contributed by atoms with Crippen LogP contribution in [0.5, 0.6) is 0 Å². The van der Waals surface area contributed by atoms with Gasteiger partial charge in [0.1, 0.15) is 5.76 Å². The predicted molar refractivity (Wildman–Crippen MR) is 72.0 cm³/mol. The van der Waals surface area contributed by atoms with Crippen molar-refractivity contribution in [2.45, 2.75) is 17.3 Å². The molecular formula is C13H15N3O2S. The minimum absolute atomic E-state index is 0.000471. The minimum Gasteiger partial charge on any atom is -0.455 e. The first-order chi connectivity index (χ1) is 9.24. The van der Waals surface area contributed by atoms with Gasteiger partial charge in [-0.15, -0.1) is 0 Å². The van der Waals surface area contributed by atoms with Crippen LogP contribution in [0.15, 0.2) is 34.1 Å². The largest absolute Gasteiger partial charge is 0.455 e. The molecule has 0 aliphatic carbocycles. The smallest absolute Gasteiger partial charge is 0.289 e. The first kappa shape index (κ1) is 12.3. The third-order valence-corrected chi connectivity index (χ3v) is 4.22. The number of thioether (sulfide) groups is 1. The van der Waals surface area contributed by atoms with Crippen molar-refractivity contribution in [2.24, 2.45) is 7.05 Å². The molecule has 0 atom stereocenters. The van der Waals surface area contributed by atoms with Crippen LogP contribution >= 0.6 is 11.8 Å². The molecule has 2 aromatic rings. The number of imidazole rings is 1. The molecule has 2 aromatic heterocycles. The standard InChI is InChI=1S/C13H15N3O2S/c1-15-8-5-14-13(15)19-9-10-3-4-11(18-10)12(17)16-6-2-7-16/h3-5,8H,2,6-7,9H2,1H3. The van der Waals surface area contributed by atoms with Gasteiger partial charge in [0.05, 0.1) is 5.75 Å². The van der Waals surface area contributed by atoms with Gasteiger partial charge >= 0.3 is 0 Å². The zero-order valence-electron chi connectivity index (χ0n) is 10.7. The van der Waals surface area contributed by atoms with E-state index in [-0.39, 0.29) is 5.91 Å². The van der Waals surface area contributed by atoms with E-state index in [1.807, 2.05) is 23.9 Å². The fraction of sp³-hybridized carbons (Fsp3) is 0.385. The highest BCUT2D eigenvalue weighted by Crippen LogP contribution is 2.23. The van der Waals surface area contributed by atoms with Crippen LogP contribution in [0.3, 0.4) is 0 Å². The molecule has 6 heteroatoms. The topological polar surface area (TPSA) is 51.3 Å². The lowest BCUT2D eigenvalue weighted by molar-refractivity contribution is 0.0617. The number of hydrogen-bond acceptors (Lipinski definition) is 4. The second-order valence-corrected chi connectivity index (χ2v) is 5.46. The number of likely N-dealkylation sites (tertiary alicyclic amines) is 1. The van der Waals surface area contributed by atoms with Gasteiger partial charge < -0.3 is 13.9 Å². The summed E-state index contributed by atoms with van der Waals surface area (Å²) in [5, 5.41) is 0.937. The van der Waals surface area contributed by atoms with E-state index in [0.717, 1.165) is 30.4 Å². The number of rotatable bonds is 4. The second-order valence-electron chi connectivity index (χ2n) is 4.52. The first-order valence-electron chi connectivity index (χ1n) is 6.22. The minimum atomic E-state index is -0.000471. The van der Waals surface area contributed by atoms with Crippen LogP contribution in [-0.4, -0.2) is 33.4 Å². The molecule has 1 saturated heterocycles. The van der Waals surface area contributed by atoms with Crippen molar-refractivity contribution in [3.8, 4) is 0 Å². The molecule has 0 aromatic carbocycles. The number of nitrogens with zero attached hydrogens (tertiary/aromatic N) is 3. The van der Waals surface area contributed by atoms with E-state index in [1.54, 1.807) is 28.9 Å². The van der Waals surface area contributed by atoms with Gasteiger partial charge in [-0.25, -0.2) is 4.98 Å². The van der Waals surface area contributed by atoms with Crippen molar-refractivity contribution in [3.63, 3.8) is 0 Å². The van der Waals surface area contributed by atoms with E-state index in [0.29, 0.717) is 11.5 Å². The summed E-state index contributed by atoms with van der Waals surface area (Å²) in [6.07, 6.45) is 4.76. The molecule has 19 heavy (non-hydrogen) atoms. The first-order valence-corrected chi connectivity index (χ1v) is 7.21. The molecule has 100 valence electrons. The Morgan fingerprint density at radius 1 is 1.47 bits per heavy atom. The number of hydrogen-bond donors (Lipinski definition) is 0. The van der Waals surface area contributed by atoms with Crippen molar-refractivity contribution in [2.75, 3.05) is 13.1 Å². The maximum atomic E-state index is 11.9. The number of furan rings is 1. The zero-order chi connectivity index (χ0) is 13.2. The molecule has 0 saturated carbocycles. The Balaban J connectivity index is 1.61. The number of carbonyl (C=O) groups is 1. The molecule has 0 radical (unpaired) electrons. The molecular weight excluding hydrogens is 262 g/mol. The van der Waals surface area contributed by atoms with Crippen molar-refractivity contribution < 1.29 is 9.21 Å². The highest BCUT2D eigenvalue weighted by molar-refractivity contribution is 7.98. The van der Waals surface area contributed by atoms with Gasteiger partial charge in [0, 0.05) is 32.5 Å². The molecule has 3 rings (SSSR count). The summed E-state index contributed by atoms with van der Waals surface area (Å²) in [6.45, 7) is 1.69. The summed E-state index contributed by atoms with van der Waals surface area (Å²) >= 11 is 1.59. The molecule has 0 bridgehead atoms. The quantitative estimate of drug-likeness (QED) is 0.804. The van der Waals surface area contributed by atoms with E-state index in [2.05, 4.69) is 4.98 Å². The van der Waals surface area contributed by atoms with Crippen LogP contribution in [0.1, 0.15) is 22.7 Å². The summed E-state index contributed by atoms with van der Waals surface area (Å²) < 4.78 is 7.55. The predicted octanol–water partition coefficient (Wildman–Crippen LogP) is 2.15. The lowest BCUT2D eigenvalue weighted by Crippen LogP contribution is -2.41. The SMILES string of the molecule is Cn1ccnc1SCc1ccc(C(=O)N2CCC2)o1. The molecule has 1 aliphatic heterocycles. The summed E-state index contributed by atoms with van der Waals surface area (Å²) in [7, 11) is 1.95. The Hall–Kier alpha value is -1.69. The van der Waals surface area contributed by atoms with Crippen LogP contribution in [0.25, 0.3) is 0 Å². The van der Waals surface area contributed by atoms with E-state index in [1.165, 1.54) is 0 Å². The van der Waals surface area contributed by atoms with E-state index < -0.39 is 0 Å². The van der Waals surface area contributed by atoms with Crippen LogP contribution in [0, 0.1) is 0 Å². The van der Waals surface area contributed by atoms with Crippen LogP contribution in [0.4, 0.5) is 0 Å². The maximum Gasteiger partial charge on any atom is 0.289 e. The summed E-state index contributed by atoms with van der Waals surface area (Å²) in [5.74, 6) is 1.92. The Morgan fingerprint density at radius 2 is 2.32 bits per heavy atom. The Bertz CT molecular complexity index is 586. The van der Waals surface area contributed by atoms with Crippen LogP contribution in [-0.2, 0) is 12.8 Å². The highest BCUT2D eigenvalue weighted by atomic mass is 32.2. The average Bonchev–Trinajstić information content (AvgIpc) is 2.93. The van der Waals surface area contributed by atoms with Gasteiger partial charge in [0.25, 0.3) is 5.91 Å². The van der Waals surface area contributed by atoms with Gasteiger partial charge in [-0.3, -0.25) is 4.79 Å². The van der Waals surface area contributed by atoms with Crippen molar-refractivity contribution in [1.82, 2.24) is 14.5 Å². The fourth-order valence-corrected chi connectivity index (χ4v) is 2.70. The zero-order valence-corrected chi connectivity index (χ0v) is 11.5. The number of amides is 1. The third-order valence-electron chi connectivity index (χ3n) is 3.14. The van der Waals surface area contributed by atoms with Gasteiger partial charge in [0.2, 0.25) is 0 Å². The van der Waals surface area contributed by atoms with Gasteiger partial charge in [-0.05, 0) is 18.6 Å². The Morgan fingerprint density at radius 3 is 2.95 bits per heavy atom. The van der Waals surface area contributed by atoms with Crippen LogP contribution in [0.2, 0.25) is 0 Å². The summed E-state index contributed by atoms with van der Waals surface area (Å²) in [4.78, 5) is 18.0. The fourth-order valence-electron chi connectivity index (χ4n) is 1.87. The van der Waals surface area contributed by atoms with Crippen LogP contribution < -0.4 is 0 Å². The summed E-state index contributed by atoms with van der Waals surface area (Å²) in [6, 6.07) is 3.62. The van der Waals surface area contributed by atoms with Gasteiger partial charge in [-0.1, -0.05) is 11.8 Å². The number of carbonyl (C=O) groups excluding carboxylic acids is 1. The lowest BCUT2D eigenvalue weighted by Gasteiger charge is -2.29. The van der Waals surface area contributed by atoms with Gasteiger partial charge in [-0.2, -0.15) is 0 Å². The van der Waals surface area contributed by atoms with Crippen molar-refractivity contribution in [3.05, 3.63) is 36.0 Å². The molecule has 5 nitrogen and oxygen atoms in total. The van der Waals surface area contributed by atoms with E-state index >= 15 is 0 Å².